The fraction of sp³-hybridized carbons (Fsp3) is 0.500. The molecule has 0 radical (unpaired) electrons. The molecule has 1 aromatic rings. The highest BCUT2D eigenvalue weighted by molar-refractivity contribution is 5.96. The molecule has 8 nitrogen and oxygen atoms in total. The van der Waals surface area contributed by atoms with Crippen molar-refractivity contribution < 1.29 is 19.1 Å². The monoisotopic (exact) mass is 360 g/mol. The van der Waals surface area contributed by atoms with Gasteiger partial charge in [0.2, 0.25) is 11.8 Å². The van der Waals surface area contributed by atoms with Gasteiger partial charge in [-0.25, -0.2) is 0 Å². The number of amides is 3. The van der Waals surface area contributed by atoms with E-state index in [-0.39, 0.29) is 30.4 Å². The molecule has 1 N–H and O–H groups in total. The average molecular weight is 360 g/mol. The summed E-state index contributed by atoms with van der Waals surface area (Å²) in [6.45, 7) is 3.30. The normalized spacial score (nSPS) is 20.7. The molecule has 8 heteroatoms. The van der Waals surface area contributed by atoms with Crippen LogP contribution < -0.4 is 5.32 Å². The molecule has 3 rings (SSSR count). The highest BCUT2D eigenvalue weighted by Crippen LogP contribution is 2.19. The van der Waals surface area contributed by atoms with Gasteiger partial charge in [0.1, 0.15) is 12.6 Å². The Bertz CT molecular complexity index is 691. The lowest BCUT2D eigenvalue weighted by Gasteiger charge is -2.45. The van der Waals surface area contributed by atoms with Gasteiger partial charge in [0.15, 0.2) is 0 Å². The zero-order valence-electron chi connectivity index (χ0n) is 15.1. The molecule has 140 valence electrons. The highest BCUT2D eigenvalue weighted by atomic mass is 16.5. The minimum Gasteiger partial charge on any atom is -0.375 e. The molecule has 26 heavy (non-hydrogen) atoms. The van der Waals surface area contributed by atoms with E-state index in [1.807, 2.05) is 0 Å². The van der Waals surface area contributed by atoms with Gasteiger partial charge in [-0.05, 0) is 24.3 Å². The molecule has 3 amide bonds. The molecule has 1 aromatic carbocycles. The number of benzene rings is 1. The number of nitrogens with zero attached hydrogens (tertiary/aromatic N) is 3. The number of nitrogens with one attached hydrogen (secondary N) is 1. The summed E-state index contributed by atoms with van der Waals surface area (Å²) in [7, 11) is 3.26. The van der Waals surface area contributed by atoms with E-state index in [0.717, 1.165) is 13.1 Å². The molecule has 0 unspecified atom stereocenters. The largest absolute Gasteiger partial charge is 0.375 e. The van der Waals surface area contributed by atoms with Crippen molar-refractivity contribution in [2.75, 3.05) is 58.8 Å². The van der Waals surface area contributed by atoms with Gasteiger partial charge in [-0.15, -0.1) is 0 Å². The number of piperazine rings is 2. The van der Waals surface area contributed by atoms with Gasteiger partial charge in [0.05, 0.1) is 0 Å². The Morgan fingerprint density at radius 3 is 2.54 bits per heavy atom. The van der Waals surface area contributed by atoms with Crippen molar-refractivity contribution in [3.63, 3.8) is 0 Å². The molecule has 0 bridgehead atoms. The topological polar surface area (TPSA) is 82.2 Å². The fourth-order valence-corrected chi connectivity index (χ4v) is 3.36. The molecule has 0 saturated carbocycles. The lowest BCUT2D eigenvalue weighted by molar-refractivity contribution is -0.142. The minimum atomic E-state index is -0.251. The summed E-state index contributed by atoms with van der Waals surface area (Å²) in [5.74, 6) is -0.270. The quantitative estimate of drug-likeness (QED) is 0.809. The van der Waals surface area contributed by atoms with Crippen LogP contribution in [0.15, 0.2) is 24.3 Å². The van der Waals surface area contributed by atoms with Crippen LogP contribution in [0, 0.1) is 0 Å². The van der Waals surface area contributed by atoms with E-state index < -0.39 is 0 Å². The van der Waals surface area contributed by atoms with Crippen LogP contribution in [0.2, 0.25) is 0 Å². The van der Waals surface area contributed by atoms with E-state index in [1.54, 1.807) is 41.1 Å². The molecule has 2 fully saturated rings. The van der Waals surface area contributed by atoms with Crippen LogP contribution in [-0.2, 0) is 14.3 Å². The summed E-state index contributed by atoms with van der Waals surface area (Å²) in [6.07, 6.45) is 0. The van der Waals surface area contributed by atoms with Crippen LogP contribution in [0.25, 0.3) is 0 Å². The molecule has 0 spiro atoms. The van der Waals surface area contributed by atoms with Crippen LogP contribution in [0.1, 0.15) is 10.4 Å². The summed E-state index contributed by atoms with van der Waals surface area (Å²) in [5.41, 5.74) is 1.15. The Kier molecular flexibility index (Phi) is 5.53. The van der Waals surface area contributed by atoms with E-state index in [9.17, 15) is 14.4 Å². The second-order valence-corrected chi connectivity index (χ2v) is 6.62. The molecule has 2 heterocycles. The second kappa shape index (κ2) is 7.84. The molecule has 1 atom stereocenters. The number of carbonyl (C=O) groups is 3. The average Bonchev–Trinajstić information content (AvgIpc) is 2.65. The predicted molar refractivity (Wildman–Crippen MR) is 95.8 cm³/mol. The minimum absolute atomic E-state index is 0.0190. The van der Waals surface area contributed by atoms with E-state index >= 15 is 0 Å². The van der Waals surface area contributed by atoms with Gasteiger partial charge in [-0.1, -0.05) is 0 Å². The van der Waals surface area contributed by atoms with E-state index in [0.29, 0.717) is 30.9 Å². The van der Waals surface area contributed by atoms with Crippen molar-refractivity contribution in [3.05, 3.63) is 29.8 Å². The Hall–Kier alpha value is -2.45. The number of ether oxygens (including phenoxy) is 1. The summed E-state index contributed by atoms with van der Waals surface area (Å²) in [5, 5.41) is 2.69. The molecule has 0 aliphatic carbocycles. The third kappa shape index (κ3) is 3.86. The maximum absolute atomic E-state index is 12.8. The molecule has 2 aliphatic heterocycles. The zero-order valence-corrected chi connectivity index (χ0v) is 15.1. The Balaban J connectivity index is 1.64. The first-order valence-corrected chi connectivity index (χ1v) is 8.66. The maximum Gasteiger partial charge on any atom is 0.253 e. The predicted octanol–water partition coefficient (Wildman–Crippen LogP) is -0.130. The smallest absolute Gasteiger partial charge is 0.253 e. The number of hydrogen-bond donors (Lipinski definition) is 1. The molecule has 2 saturated heterocycles. The fourth-order valence-electron chi connectivity index (χ4n) is 3.36. The SMILES string of the molecule is COCC(=O)Nc1ccc(C(=O)N2CCN3CCN(C)C(=O)[C@H]3C2)cc1. The second-order valence-electron chi connectivity index (χ2n) is 6.62. The first kappa shape index (κ1) is 18.3. The van der Waals surface area contributed by atoms with Crippen LogP contribution in [0.4, 0.5) is 5.69 Å². The van der Waals surface area contributed by atoms with E-state index in [2.05, 4.69) is 10.2 Å². The highest BCUT2D eigenvalue weighted by Gasteiger charge is 2.38. The summed E-state index contributed by atoms with van der Waals surface area (Å²) >= 11 is 0. The van der Waals surface area contributed by atoms with Gasteiger partial charge in [0, 0.05) is 58.1 Å². The Morgan fingerprint density at radius 2 is 1.85 bits per heavy atom. The maximum atomic E-state index is 12.8. The van der Waals surface area contributed by atoms with Crippen molar-refractivity contribution in [3.8, 4) is 0 Å². The summed E-state index contributed by atoms with van der Waals surface area (Å²) in [6, 6.07) is 6.50. The molecule has 2 aliphatic rings. The van der Waals surface area contributed by atoms with Crippen molar-refractivity contribution in [1.82, 2.24) is 14.7 Å². The summed E-state index contributed by atoms with van der Waals surface area (Å²) in [4.78, 5) is 42.3. The van der Waals surface area contributed by atoms with Gasteiger partial charge >= 0.3 is 0 Å². The van der Waals surface area contributed by atoms with Gasteiger partial charge < -0.3 is 19.9 Å². The number of rotatable bonds is 4. The lowest BCUT2D eigenvalue weighted by Crippen LogP contribution is -2.64. The first-order chi connectivity index (χ1) is 12.5. The van der Waals surface area contributed by atoms with Crippen LogP contribution in [0.3, 0.4) is 0 Å². The van der Waals surface area contributed by atoms with Crippen molar-refractivity contribution in [2.24, 2.45) is 0 Å². The van der Waals surface area contributed by atoms with Crippen LogP contribution in [-0.4, -0.2) is 92.0 Å². The number of likely N-dealkylation sites (N-methyl/N-ethyl adjacent to an activating group) is 1. The van der Waals surface area contributed by atoms with Crippen molar-refractivity contribution in [2.45, 2.75) is 6.04 Å². The number of methoxy groups -OCH3 is 1. The Morgan fingerprint density at radius 1 is 1.15 bits per heavy atom. The standard InChI is InChI=1S/C18H24N4O4/c1-20-7-8-21-9-10-22(11-15(21)18(20)25)17(24)13-3-5-14(6-4-13)19-16(23)12-26-2/h3-6,15H,7-12H2,1-2H3,(H,19,23)/t15-/m1/s1. The zero-order chi connectivity index (χ0) is 18.7. The molecular weight excluding hydrogens is 336 g/mol. The van der Waals surface area contributed by atoms with Crippen LogP contribution in [0.5, 0.6) is 0 Å². The number of anilines is 1. The lowest BCUT2D eigenvalue weighted by atomic mass is 10.1. The van der Waals surface area contributed by atoms with Gasteiger partial charge in [-0.2, -0.15) is 0 Å². The number of hydrogen-bond acceptors (Lipinski definition) is 5. The number of carbonyl (C=O) groups excluding carboxylic acids is 3. The number of fused-ring (bicyclic) bond motifs is 1. The van der Waals surface area contributed by atoms with E-state index in [1.165, 1.54) is 7.11 Å². The van der Waals surface area contributed by atoms with Crippen LogP contribution >= 0.6 is 0 Å². The van der Waals surface area contributed by atoms with E-state index in [4.69, 9.17) is 4.74 Å². The third-order valence-corrected chi connectivity index (χ3v) is 4.85. The Labute approximate surface area is 152 Å². The van der Waals surface area contributed by atoms with Gasteiger partial charge in [-0.3, -0.25) is 19.3 Å². The third-order valence-electron chi connectivity index (χ3n) is 4.85. The van der Waals surface area contributed by atoms with Gasteiger partial charge in [0.25, 0.3) is 5.91 Å². The molecular formula is C18H24N4O4. The van der Waals surface area contributed by atoms with Crippen molar-refractivity contribution in [1.29, 1.82) is 0 Å². The van der Waals surface area contributed by atoms with Crippen molar-refractivity contribution >= 4 is 23.4 Å². The molecule has 0 aromatic heterocycles. The first-order valence-electron chi connectivity index (χ1n) is 8.66. The summed E-state index contributed by atoms with van der Waals surface area (Å²) < 4.78 is 4.77.